The van der Waals surface area contributed by atoms with Gasteiger partial charge in [-0.25, -0.2) is 4.79 Å². The quantitative estimate of drug-likeness (QED) is 0.229. The number of nitrogens with zero attached hydrogens (tertiary/aromatic N) is 1. The number of halogens is 2. The number of hydrogen-bond acceptors (Lipinski definition) is 5. The van der Waals surface area contributed by atoms with Crippen molar-refractivity contribution in [3.63, 3.8) is 0 Å². The molecule has 26 heavy (non-hydrogen) atoms. The lowest BCUT2D eigenvalue weighted by Crippen LogP contribution is -2.34. The third-order valence-electron chi connectivity index (χ3n) is 3.09. The number of aromatic carboxylic acids is 1. The second kappa shape index (κ2) is 8.51. The number of carboxylic acids is 1. The van der Waals surface area contributed by atoms with Gasteiger partial charge in [0.15, 0.2) is 5.11 Å². The van der Waals surface area contributed by atoms with E-state index >= 15 is 0 Å². The number of nitro benzene ring substituents is 1. The first-order valence-electron chi connectivity index (χ1n) is 6.78. The van der Waals surface area contributed by atoms with Crippen molar-refractivity contribution in [3.05, 3.63) is 65.7 Å². The van der Waals surface area contributed by atoms with Crippen molar-refractivity contribution < 1.29 is 19.6 Å². The van der Waals surface area contributed by atoms with Crippen molar-refractivity contribution in [2.24, 2.45) is 0 Å². The summed E-state index contributed by atoms with van der Waals surface area (Å²) < 4.78 is 1.07. The second-order valence-electron chi connectivity index (χ2n) is 4.82. The van der Waals surface area contributed by atoms with Gasteiger partial charge in [-0.05, 0) is 75.0 Å². The molecule has 0 atom stereocenters. The number of thiocarbonyl (C=S) groups is 1. The summed E-state index contributed by atoms with van der Waals surface area (Å²) in [6.45, 7) is 0. The summed E-state index contributed by atoms with van der Waals surface area (Å²) in [5.41, 5.74) is -0.0289. The third-order valence-corrected chi connectivity index (χ3v) is 4.66. The minimum atomic E-state index is -1.15. The Hall–Kier alpha value is -2.12. The fraction of sp³-hybridized carbons (Fsp3) is 0. The van der Waals surface area contributed by atoms with Gasteiger partial charge in [-0.15, -0.1) is 0 Å². The number of amides is 1. The fourth-order valence-electron chi connectivity index (χ4n) is 1.93. The van der Waals surface area contributed by atoms with Crippen molar-refractivity contribution in [2.45, 2.75) is 0 Å². The molecule has 0 aliphatic heterocycles. The zero-order valence-corrected chi connectivity index (χ0v) is 17.2. The Morgan fingerprint density at radius 3 is 2.50 bits per heavy atom. The highest BCUT2D eigenvalue weighted by atomic mass is 127. The van der Waals surface area contributed by atoms with E-state index in [1.54, 1.807) is 6.07 Å². The number of carbonyl (C=O) groups is 2. The van der Waals surface area contributed by atoms with Gasteiger partial charge < -0.3 is 10.4 Å². The molecule has 134 valence electrons. The average molecular weight is 550 g/mol. The van der Waals surface area contributed by atoms with Crippen molar-refractivity contribution >= 4 is 79.1 Å². The van der Waals surface area contributed by atoms with E-state index in [1.165, 1.54) is 24.3 Å². The van der Waals surface area contributed by atoms with E-state index in [0.29, 0.717) is 4.47 Å². The summed E-state index contributed by atoms with van der Waals surface area (Å²) in [6, 6.07) is 8.39. The van der Waals surface area contributed by atoms with Crippen LogP contribution in [0.2, 0.25) is 0 Å². The lowest BCUT2D eigenvalue weighted by atomic mass is 10.2. The van der Waals surface area contributed by atoms with Gasteiger partial charge in [-0.1, -0.05) is 0 Å². The molecule has 8 nitrogen and oxygen atoms in total. The van der Waals surface area contributed by atoms with Crippen LogP contribution in [0.3, 0.4) is 0 Å². The van der Waals surface area contributed by atoms with Crippen LogP contribution < -0.4 is 10.6 Å². The van der Waals surface area contributed by atoms with Crippen LogP contribution in [0, 0.1) is 13.7 Å². The molecule has 2 aromatic carbocycles. The van der Waals surface area contributed by atoms with Gasteiger partial charge in [0.1, 0.15) is 0 Å². The topological polar surface area (TPSA) is 122 Å². The largest absolute Gasteiger partial charge is 0.478 e. The Morgan fingerprint density at radius 2 is 1.88 bits per heavy atom. The second-order valence-corrected chi connectivity index (χ2v) is 7.33. The van der Waals surface area contributed by atoms with Crippen LogP contribution in [-0.2, 0) is 0 Å². The van der Waals surface area contributed by atoms with Crippen LogP contribution in [0.15, 0.2) is 40.9 Å². The molecule has 0 fully saturated rings. The van der Waals surface area contributed by atoms with Gasteiger partial charge in [0.25, 0.3) is 11.6 Å². The molecule has 0 aliphatic carbocycles. The summed E-state index contributed by atoms with van der Waals surface area (Å²) in [5, 5.41) is 24.9. The van der Waals surface area contributed by atoms with Crippen molar-refractivity contribution in [3.8, 4) is 0 Å². The van der Waals surface area contributed by atoms with Crippen LogP contribution in [0.4, 0.5) is 11.4 Å². The maximum absolute atomic E-state index is 12.3. The number of non-ortho nitro benzene ring substituents is 1. The smallest absolute Gasteiger partial charge is 0.337 e. The number of carbonyl (C=O) groups excluding carboxylic acids is 1. The molecule has 0 spiro atoms. The van der Waals surface area contributed by atoms with E-state index < -0.39 is 16.8 Å². The molecule has 2 aromatic rings. The Bertz CT molecular complexity index is 937. The monoisotopic (exact) mass is 549 g/mol. The predicted molar refractivity (Wildman–Crippen MR) is 111 cm³/mol. The number of anilines is 1. The van der Waals surface area contributed by atoms with Crippen molar-refractivity contribution in [2.75, 3.05) is 5.32 Å². The Kier molecular flexibility index (Phi) is 6.61. The summed E-state index contributed by atoms with van der Waals surface area (Å²) in [4.78, 5) is 33.8. The van der Waals surface area contributed by atoms with Gasteiger partial charge in [0.05, 0.1) is 21.7 Å². The van der Waals surface area contributed by atoms with Crippen LogP contribution in [0.1, 0.15) is 20.7 Å². The predicted octanol–water partition coefficient (Wildman–Crippen LogP) is 3.79. The van der Waals surface area contributed by atoms with E-state index in [1.807, 2.05) is 22.6 Å². The number of nitrogens with one attached hydrogen (secondary N) is 2. The number of benzene rings is 2. The summed E-state index contributed by atoms with van der Waals surface area (Å²) in [7, 11) is 0. The maximum atomic E-state index is 12.3. The molecule has 0 radical (unpaired) electrons. The molecular weight excluding hydrogens is 541 g/mol. The molecule has 0 unspecified atom stereocenters. The Morgan fingerprint density at radius 1 is 1.19 bits per heavy atom. The summed E-state index contributed by atoms with van der Waals surface area (Å²) in [5.74, 6) is -1.83. The first kappa shape index (κ1) is 20.2. The molecule has 0 aromatic heterocycles. The van der Waals surface area contributed by atoms with Gasteiger partial charge >= 0.3 is 5.97 Å². The highest BCUT2D eigenvalue weighted by Crippen LogP contribution is 2.23. The number of carboxylic acid groups (broad SMARTS) is 1. The van der Waals surface area contributed by atoms with Crippen LogP contribution in [-0.4, -0.2) is 27.0 Å². The lowest BCUT2D eigenvalue weighted by molar-refractivity contribution is -0.384. The minimum absolute atomic E-state index is 0.00923. The summed E-state index contributed by atoms with van der Waals surface area (Å²) in [6.07, 6.45) is 0. The standard InChI is InChI=1S/C15H9BrIN3O5S/c16-11-3-2-8(20(24)25)6-9(11)13(21)19-15(26)18-12-4-1-7(17)5-10(12)14(22)23/h1-6H,(H,22,23)(H2,18,19,21,26). The molecule has 11 heteroatoms. The van der Waals surface area contributed by atoms with Gasteiger partial charge in [0.2, 0.25) is 0 Å². The van der Waals surface area contributed by atoms with Crippen LogP contribution in [0.5, 0.6) is 0 Å². The molecule has 0 bridgehead atoms. The average Bonchev–Trinajstić information content (AvgIpc) is 2.56. The summed E-state index contributed by atoms with van der Waals surface area (Å²) >= 11 is 10.2. The van der Waals surface area contributed by atoms with Crippen molar-refractivity contribution in [1.29, 1.82) is 0 Å². The van der Waals surface area contributed by atoms with E-state index in [0.717, 1.165) is 9.64 Å². The SMILES string of the molecule is O=C(NC(=S)Nc1ccc(I)cc1C(=O)O)c1cc([N+](=O)[O-])ccc1Br. The number of rotatable bonds is 4. The Balaban J connectivity index is 2.19. The van der Waals surface area contributed by atoms with Gasteiger partial charge in [0, 0.05) is 20.2 Å². The van der Waals surface area contributed by atoms with E-state index in [4.69, 9.17) is 12.2 Å². The maximum Gasteiger partial charge on any atom is 0.337 e. The van der Waals surface area contributed by atoms with E-state index in [2.05, 4.69) is 26.6 Å². The Labute approximate surface area is 174 Å². The van der Waals surface area contributed by atoms with Crippen LogP contribution in [0.25, 0.3) is 0 Å². The molecule has 0 saturated heterocycles. The van der Waals surface area contributed by atoms with Crippen molar-refractivity contribution in [1.82, 2.24) is 5.32 Å². The van der Waals surface area contributed by atoms with Gasteiger partial charge in [-0.2, -0.15) is 0 Å². The van der Waals surface area contributed by atoms with E-state index in [9.17, 15) is 24.8 Å². The third kappa shape index (κ3) is 4.95. The lowest BCUT2D eigenvalue weighted by Gasteiger charge is -2.12. The zero-order valence-electron chi connectivity index (χ0n) is 12.7. The number of hydrogen-bond donors (Lipinski definition) is 3. The minimum Gasteiger partial charge on any atom is -0.478 e. The van der Waals surface area contributed by atoms with Crippen LogP contribution >= 0.6 is 50.7 Å². The fourth-order valence-corrected chi connectivity index (χ4v) is 3.05. The first-order chi connectivity index (χ1) is 12.2. The molecular formula is C15H9BrIN3O5S. The molecule has 0 aliphatic rings. The molecule has 0 heterocycles. The normalized spacial score (nSPS) is 10.1. The first-order valence-corrected chi connectivity index (χ1v) is 9.06. The van der Waals surface area contributed by atoms with Gasteiger partial charge in [-0.3, -0.25) is 20.2 Å². The number of nitro groups is 1. The molecule has 0 saturated carbocycles. The highest BCUT2D eigenvalue weighted by molar-refractivity contribution is 14.1. The highest BCUT2D eigenvalue weighted by Gasteiger charge is 2.18. The molecule has 3 N–H and O–H groups in total. The zero-order chi connectivity index (χ0) is 19.4. The van der Waals surface area contributed by atoms with E-state index in [-0.39, 0.29) is 27.6 Å². The molecule has 2 rings (SSSR count). The molecule has 1 amide bonds.